The van der Waals surface area contributed by atoms with Gasteiger partial charge in [-0.25, -0.2) is 0 Å². The molecule has 2 aromatic carbocycles. The Hall–Kier alpha value is -2.75. The number of carbonyl (C=O) groups is 1. The lowest BCUT2D eigenvalue weighted by Gasteiger charge is -2.19. The Bertz CT molecular complexity index is 723. The van der Waals surface area contributed by atoms with Gasteiger partial charge >= 0.3 is 0 Å². The molecule has 4 nitrogen and oxygen atoms in total. The SMILES string of the molecule is COc1ccc(Nc2ccccc2NC(=O)[C@@H]2CC=CCC2)cc1. The van der Waals surface area contributed by atoms with Crippen molar-refractivity contribution in [1.82, 2.24) is 0 Å². The summed E-state index contributed by atoms with van der Waals surface area (Å²) in [5.74, 6) is 0.958. The van der Waals surface area contributed by atoms with Crippen LogP contribution in [0.3, 0.4) is 0 Å². The molecule has 1 aliphatic carbocycles. The molecule has 0 fully saturated rings. The average Bonchev–Trinajstić information content (AvgIpc) is 2.64. The number of amides is 1. The molecule has 3 rings (SSSR count). The first-order valence-corrected chi connectivity index (χ1v) is 8.22. The Morgan fingerprint density at radius 2 is 1.79 bits per heavy atom. The van der Waals surface area contributed by atoms with Gasteiger partial charge in [-0.3, -0.25) is 4.79 Å². The van der Waals surface area contributed by atoms with Gasteiger partial charge in [-0.05, 0) is 55.7 Å². The molecule has 4 heteroatoms. The summed E-state index contributed by atoms with van der Waals surface area (Å²) in [4.78, 5) is 12.5. The number of ether oxygens (including phenoxy) is 1. The summed E-state index contributed by atoms with van der Waals surface area (Å²) in [5, 5.41) is 6.41. The van der Waals surface area contributed by atoms with Crippen LogP contribution < -0.4 is 15.4 Å². The van der Waals surface area contributed by atoms with E-state index in [0.29, 0.717) is 0 Å². The van der Waals surface area contributed by atoms with E-state index in [0.717, 1.165) is 42.1 Å². The van der Waals surface area contributed by atoms with Gasteiger partial charge in [0.2, 0.25) is 5.91 Å². The number of rotatable bonds is 5. The van der Waals surface area contributed by atoms with Crippen LogP contribution in [0, 0.1) is 5.92 Å². The second-order valence-electron chi connectivity index (χ2n) is 5.87. The van der Waals surface area contributed by atoms with E-state index in [1.54, 1.807) is 7.11 Å². The van der Waals surface area contributed by atoms with E-state index in [1.807, 2.05) is 48.5 Å². The number of carbonyl (C=O) groups excluding carboxylic acids is 1. The molecule has 0 saturated heterocycles. The van der Waals surface area contributed by atoms with Crippen LogP contribution in [0.4, 0.5) is 17.1 Å². The van der Waals surface area contributed by atoms with Crippen molar-refractivity contribution in [3.05, 3.63) is 60.7 Å². The van der Waals surface area contributed by atoms with E-state index in [2.05, 4.69) is 22.8 Å². The van der Waals surface area contributed by atoms with E-state index in [1.165, 1.54) is 0 Å². The van der Waals surface area contributed by atoms with Gasteiger partial charge in [0.05, 0.1) is 18.5 Å². The zero-order valence-corrected chi connectivity index (χ0v) is 13.8. The number of anilines is 3. The van der Waals surface area contributed by atoms with Crippen LogP contribution in [0.1, 0.15) is 19.3 Å². The average molecular weight is 322 g/mol. The summed E-state index contributed by atoms with van der Waals surface area (Å²) in [6.45, 7) is 0. The van der Waals surface area contributed by atoms with Crippen LogP contribution in [-0.2, 0) is 4.79 Å². The lowest BCUT2D eigenvalue weighted by atomic mass is 9.93. The molecule has 0 aliphatic heterocycles. The number of methoxy groups -OCH3 is 1. The number of allylic oxidation sites excluding steroid dienone is 2. The third-order valence-electron chi connectivity index (χ3n) is 4.19. The molecule has 24 heavy (non-hydrogen) atoms. The summed E-state index contributed by atoms with van der Waals surface area (Å²) in [5.41, 5.74) is 2.62. The highest BCUT2D eigenvalue weighted by Crippen LogP contribution is 2.28. The van der Waals surface area contributed by atoms with Crippen molar-refractivity contribution >= 4 is 23.0 Å². The highest BCUT2D eigenvalue weighted by molar-refractivity contribution is 5.96. The van der Waals surface area contributed by atoms with Gasteiger partial charge in [-0.15, -0.1) is 0 Å². The zero-order chi connectivity index (χ0) is 16.8. The van der Waals surface area contributed by atoms with E-state index in [-0.39, 0.29) is 11.8 Å². The monoisotopic (exact) mass is 322 g/mol. The normalized spacial score (nSPS) is 16.5. The molecule has 1 aliphatic rings. The van der Waals surface area contributed by atoms with Gasteiger partial charge in [0.25, 0.3) is 0 Å². The minimum atomic E-state index is 0.0593. The second kappa shape index (κ2) is 7.68. The maximum atomic E-state index is 12.5. The van der Waals surface area contributed by atoms with Crippen molar-refractivity contribution in [3.8, 4) is 5.75 Å². The summed E-state index contributed by atoms with van der Waals surface area (Å²) in [6.07, 6.45) is 6.94. The number of benzene rings is 2. The Morgan fingerprint density at radius 3 is 2.46 bits per heavy atom. The van der Waals surface area contributed by atoms with Gasteiger partial charge in [0.1, 0.15) is 5.75 Å². The predicted octanol–water partition coefficient (Wildman–Crippen LogP) is 4.73. The maximum absolute atomic E-state index is 12.5. The van der Waals surface area contributed by atoms with Crippen molar-refractivity contribution in [2.45, 2.75) is 19.3 Å². The highest BCUT2D eigenvalue weighted by atomic mass is 16.5. The van der Waals surface area contributed by atoms with Gasteiger partial charge in [-0.1, -0.05) is 24.3 Å². The largest absolute Gasteiger partial charge is 0.497 e. The summed E-state index contributed by atoms with van der Waals surface area (Å²) < 4.78 is 5.17. The molecule has 0 bridgehead atoms. The Labute approximate surface area is 142 Å². The molecule has 1 atom stereocenters. The van der Waals surface area contributed by atoms with Crippen LogP contribution in [0.25, 0.3) is 0 Å². The molecule has 0 heterocycles. The Kier molecular flexibility index (Phi) is 5.16. The number of hydrogen-bond acceptors (Lipinski definition) is 3. The summed E-state index contributed by atoms with van der Waals surface area (Å²) >= 11 is 0. The number of hydrogen-bond donors (Lipinski definition) is 2. The number of para-hydroxylation sites is 2. The standard InChI is InChI=1S/C20H22N2O2/c1-24-17-13-11-16(12-14-17)21-18-9-5-6-10-19(18)22-20(23)15-7-3-2-4-8-15/h2-3,5-6,9-15,21H,4,7-8H2,1H3,(H,22,23)/t15-/m1/s1. The molecule has 0 aromatic heterocycles. The van der Waals surface area contributed by atoms with Gasteiger partial charge < -0.3 is 15.4 Å². The van der Waals surface area contributed by atoms with Crippen LogP contribution in [0.2, 0.25) is 0 Å². The first kappa shape index (κ1) is 16.1. The van der Waals surface area contributed by atoms with Crippen molar-refractivity contribution < 1.29 is 9.53 Å². The van der Waals surface area contributed by atoms with Crippen molar-refractivity contribution in [3.63, 3.8) is 0 Å². The zero-order valence-electron chi connectivity index (χ0n) is 13.8. The molecular formula is C20H22N2O2. The first-order chi connectivity index (χ1) is 11.8. The van der Waals surface area contributed by atoms with Gasteiger partial charge in [0, 0.05) is 11.6 Å². The van der Waals surface area contributed by atoms with E-state index in [4.69, 9.17) is 4.74 Å². The Balaban J connectivity index is 1.72. The van der Waals surface area contributed by atoms with Crippen LogP contribution in [0.5, 0.6) is 5.75 Å². The lowest BCUT2D eigenvalue weighted by Crippen LogP contribution is -2.23. The molecule has 124 valence electrons. The van der Waals surface area contributed by atoms with Gasteiger partial charge in [-0.2, -0.15) is 0 Å². The third kappa shape index (κ3) is 3.96. The quantitative estimate of drug-likeness (QED) is 0.782. The van der Waals surface area contributed by atoms with Crippen LogP contribution >= 0.6 is 0 Å². The molecule has 2 aromatic rings. The van der Waals surface area contributed by atoms with E-state index < -0.39 is 0 Å². The number of nitrogens with one attached hydrogen (secondary N) is 2. The summed E-state index contributed by atoms with van der Waals surface area (Å²) in [6, 6.07) is 15.5. The predicted molar refractivity (Wildman–Crippen MR) is 97.8 cm³/mol. The first-order valence-electron chi connectivity index (χ1n) is 8.22. The fourth-order valence-corrected chi connectivity index (χ4v) is 2.80. The van der Waals surface area contributed by atoms with E-state index in [9.17, 15) is 4.79 Å². The highest BCUT2D eigenvalue weighted by Gasteiger charge is 2.19. The topological polar surface area (TPSA) is 50.4 Å². The molecule has 0 spiro atoms. The van der Waals surface area contributed by atoms with Crippen molar-refractivity contribution in [1.29, 1.82) is 0 Å². The lowest BCUT2D eigenvalue weighted by molar-refractivity contribution is -0.120. The van der Waals surface area contributed by atoms with Crippen LogP contribution in [0.15, 0.2) is 60.7 Å². The molecule has 2 N–H and O–H groups in total. The summed E-state index contributed by atoms with van der Waals surface area (Å²) in [7, 11) is 1.65. The minimum Gasteiger partial charge on any atom is -0.497 e. The molecule has 1 amide bonds. The minimum absolute atomic E-state index is 0.0593. The third-order valence-corrected chi connectivity index (χ3v) is 4.19. The molecular weight excluding hydrogens is 300 g/mol. The fourth-order valence-electron chi connectivity index (χ4n) is 2.80. The van der Waals surface area contributed by atoms with Crippen LogP contribution in [-0.4, -0.2) is 13.0 Å². The Morgan fingerprint density at radius 1 is 1.04 bits per heavy atom. The second-order valence-corrected chi connectivity index (χ2v) is 5.87. The van der Waals surface area contributed by atoms with Gasteiger partial charge in [0.15, 0.2) is 0 Å². The molecule has 0 radical (unpaired) electrons. The maximum Gasteiger partial charge on any atom is 0.227 e. The van der Waals surface area contributed by atoms with Crippen molar-refractivity contribution in [2.75, 3.05) is 17.7 Å². The fraction of sp³-hybridized carbons (Fsp3) is 0.250. The smallest absolute Gasteiger partial charge is 0.227 e. The molecule has 0 unspecified atom stereocenters. The van der Waals surface area contributed by atoms with Crippen molar-refractivity contribution in [2.24, 2.45) is 5.92 Å². The van der Waals surface area contributed by atoms with E-state index >= 15 is 0 Å². The molecule has 0 saturated carbocycles.